The average Bonchev–Trinajstić information content (AvgIpc) is 2.58. The number of hydrogen-bond donors (Lipinski definition) is 2. The van der Waals surface area contributed by atoms with Crippen LogP contribution in [0.1, 0.15) is 54.6 Å². The number of rotatable bonds is 7. The largest absolute Gasteiger partial charge is 0.332 e. The van der Waals surface area contributed by atoms with Crippen LogP contribution in [0.3, 0.4) is 0 Å². The molecule has 0 aliphatic rings. The Labute approximate surface area is 158 Å². The van der Waals surface area contributed by atoms with Gasteiger partial charge >= 0.3 is 0 Å². The minimum Gasteiger partial charge on any atom is -0.332 e. The maximum absolute atomic E-state index is 12.5. The lowest BCUT2D eigenvalue weighted by Crippen LogP contribution is -2.88. The topological polar surface area (TPSA) is 45.7 Å². The molecule has 3 heteroatoms. The van der Waals surface area contributed by atoms with E-state index in [2.05, 4.69) is 74.7 Å². The third kappa shape index (κ3) is 5.18. The number of carbonyl (C=O) groups is 1. The van der Waals surface area contributed by atoms with Crippen LogP contribution >= 0.6 is 0 Å². The van der Waals surface area contributed by atoms with Crippen molar-refractivity contribution in [2.24, 2.45) is 5.92 Å². The van der Waals surface area contributed by atoms with Crippen molar-refractivity contribution in [3.63, 3.8) is 0 Å². The zero-order chi connectivity index (χ0) is 19.3. The third-order valence-electron chi connectivity index (χ3n) is 4.99. The average molecular weight is 354 g/mol. The Morgan fingerprint density at radius 3 is 2.12 bits per heavy atom. The lowest BCUT2D eigenvalue weighted by Gasteiger charge is -2.20. The van der Waals surface area contributed by atoms with E-state index in [1.54, 1.807) is 0 Å². The molecule has 2 aromatic carbocycles. The first kappa shape index (κ1) is 20.2. The van der Waals surface area contributed by atoms with Crippen LogP contribution in [0.5, 0.6) is 0 Å². The van der Waals surface area contributed by atoms with Crippen LogP contribution in [-0.2, 0) is 11.2 Å². The van der Waals surface area contributed by atoms with Crippen LogP contribution in [0.25, 0.3) is 0 Å². The first-order valence-electron chi connectivity index (χ1n) is 9.61. The van der Waals surface area contributed by atoms with Crippen molar-refractivity contribution in [2.45, 2.75) is 54.0 Å². The van der Waals surface area contributed by atoms with Gasteiger partial charge in [0.25, 0.3) is 5.91 Å². The summed E-state index contributed by atoms with van der Waals surface area (Å²) in [6, 6.07) is 13.3. The third-order valence-corrected chi connectivity index (χ3v) is 4.99. The van der Waals surface area contributed by atoms with Gasteiger partial charge < -0.3 is 10.6 Å². The SMILES string of the molecule is CCc1ccc([C@@H]([NH2+]CC(=O)Nc2c(C)cc(C)cc2C)C(C)C)cc1. The first-order chi connectivity index (χ1) is 12.3. The number of nitrogens with one attached hydrogen (secondary N) is 1. The Morgan fingerprint density at radius 2 is 1.62 bits per heavy atom. The van der Waals surface area contributed by atoms with E-state index in [4.69, 9.17) is 0 Å². The van der Waals surface area contributed by atoms with Crippen LogP contribution in [0.4, 0.5) is 5.69 Å². The fraction of sp³-hybridized carbons (Fsp3) is 0.435. The maximum atomic E-state index is 12.5. The van der Waals surface area contributed by atoms with Gasteiger partial charge in [0.2, 0.25) is 0 Å². The summed E-state index contributed by atoms with van der Waals surface area (Å²) in [5.74, 6) is 0.508. The molecule has 0 aliphatic heterocycles. The number of nitrogens with two attached hydrogens (primary N) is 1. The quantitative estimate of drug-likeness (QED) is 0.774. The Morgan fingerprint density at radius 1 is 1.04 bits per heavy atom. The molecule has 140 valence electrons. The molecule has 0 aliphatic carbocycles. The van der Waals surface area contributed by atoms with E-state index < -0.39 is 0 Å². The summed E-state index contributed by atoms with van der Waals surface area (Å²) in [4.78, 5) is 12.5. The highest BCUT2D eigenvalue weighted by Crippen LogP contribution is 2.22. The number of quaternary nitrogens is 1. The fourth-order valence-corrected chi connectivity index (χ4v) is 3.57. The molecular formula is C23H33N2O+. The van der Waals surface area contributed by atoms with E-state index in [0.717, 1.165) is 23.2 Å². The molecule has 2 rings (SSSR count). The molecule has 0 heterocycles. The van der Waals surface area contributed by atoms with Crippen molar-refractivity contribution in [3.8, 4) is 0 Å². The van der Waals surface area contributed by atoms with Crippen LogP contribution < -0.4 is 10.6 Å². The van der Waals surface area contributed by atoms with Crippen molar-refractivity contribution in [3.05, 3.63) is 64.2 Å². The highest BCUT2D eigenvalue weighted by atomic mass is 16.1. The summed E-state index contributed by atoms with van der Waals surface area (Å²) in [5, 5.41) is 5.25. The molecule has 1 amide bonds. The molecule has 1 atom stereocenters. The molecule has 0 saturated carbocycles. The molecule has 3 N–H and O–H groups in total. The van der Waals surface area contributed by atoms with Crippen LogP contribution in [0, 0.1) is 26.7 Å². The second-order valence-electron chi connectivity index (χ2n) is 7.63. The van der Waals surface area contributed by atoms with E-state index in [1.165, 1.54) is 16.7 Å². The molecule has 0 aromatic heterocycles. The predicted molar refractivity (Wildman–Crippen MR) is 109 cm³/mol. The lowest BCUT2D eigenvalue weighted by molar-refractivity contribution is -0.692. The van der Waals surface area contributed by atoms with E-state index in [0.29, 0.717) is 12.5 Å². The highest BCUT2D eigenvalue weighted by Gasteiger charge is 2.21. The molecular weight excluding hydrogens is 320 g/mol. The van der Waals surface area contributed by atoms with Gasteiger partial charge in [-0.25, -0.2) is 0 Å². The monoisotopic (exact) mass is 353 g/mol. The molecule has 0 bridgehead atoms. The number of carbonyl (C=O) groups excluding carboxylic acids is 1. The standard InChI is InChI=1S/C23H32N2O/c1-7-19-8-10-20(11-9-19)22(15(2)3)24-14-21(26)25-23-17(5)12-16(4)13-18(23)6/h8-13,15,22,24H,7,14H2,1-6H3,(H,25,26)/p+1/t22-/m0/s1. The zero-order valence-corrected chi connectivity index (χ0v) is 17.0. The lowest BCUT2D eigenvalue weighted by atomic mass is 9.95. The van der Waals surface area contributed by atoms with Gasteiger partial charge in [-0.15, -0.1) is 0 Å². The fourth-order valence-electron chi connectivity index (χ4n) is 3.57. The van der Waals surface area contributed by atoms with Gasteiger partial charge in [0.05, 0.1) is 0 Å². The van der Waals surface area contributed by atoms with Gasteiger partial charge in [-0.05, 0) is 43.9 Å². The normalized spacial score (nSPS) is 12.3. The van der Waals surface area contributed by atoms with Crippen LogP contribution in [0.15, 0.2) is 36.4 Å². The number of hydrogen-bond acceptors (Lipinski definition) is 1. The Kier molecular flexibility index (Phi) is 6.98. The van der Waals surface area contributed by atoms with Crippen LogP contribution in [-0.4, -0.2) is 12.5 Å². The van der Waals surface area contributed by atoms with E-state index >= 15 is 0 Å². The molecule has 3 nitrogen and oxygen atoms in total. The summed E-state index contributed by atoms with van der Waals surface area (Å²) in [6.45, 7) is 13.2. The molecule has 0 saturated heterocycles. The number of benzene rings is 2. The van der Waals surface area contributed by atoms with Gasteiger partial charge in [-0.1, -0.05) is 62.7 Å². The maximum Gasteiger partial charge on any atom is 0.279 e. The van der Waals surface area contributed by atoms with Gasteiger partial charge in [0.15, 0.2) is 6.54 Å². The predicted octanol–water partition coefficient (Wildman–Crippen LogP) is 4.07. The van der Waals surface area contributed by atoms with Crippen molar-refractivity contribution in [1.29, 1.82) is 0 Å². The first-order valence-corrected chi connectivity index (χ1v) is 9.61. The zero-order valence-electron chi connectivity index (χ0n) is 17.0. The summed E-state index contributed by atoms with van der Waals surface area (Å²) in [6.07, 6.45) is 1.05. The van der Waals surface area contributed by atoms with Gasteiger partial charge in [0, 0.05) is 17.2 Å². The Bertz CT molecular complexity index is 724. The molecule has 26 heavy (non-hydrogen) atoms. The van der Waals surface area contributed by atoms with E-state index in [-0.39, 0.29) is 11.9 Å². The van der Waals surface area contributed by atoms with Crippen LogP contribution in [0.2, 0.25) is 0 Å². The van der Waals surface area contributed by atoms with Crippen molar-refractivity contribution < 1.29 is 10.1 Å². The van der Waals surface area contributed by atoms with Gasteiger partial charge in [0.1, 0.15) is 6.04 Å². The highest BCUT2D eigenvalue weighted by molar-refractivity contribution is 5.93. The molecule has 0 unspecified atom stereocenters. The van der Waals surface area contributed by atoms with Gasteiger partial charge in [-0.3, -0.25) is 4.79 Å². The number of amides is 1. The summed E-state index contributed by atoms with van der Waals surface area (Å²) >= 11 is 0. The smallest absolute Gasteiger partial charge is 0.279 e. The number of anilines is 1. The minimum absolute atomic E-state index is 0.0517. The number of aryl methyl sites for hydroxylation is 4. The second-order valence-corrected chi connectivity index (χ2v) is 7.63. The van der Waals surface area contributed by atoms with Gasteiger partial charge in [-0.2, -0.15) is 0 Å². The molecule has 0 radical (unpaired) electrons. The minimum atomic E-state index is 0.0517. The Hall–Kier alpha value is -2.13. The second kappa shape index (κ2) is 9.00. The molecule has 2 aromatic rings. The van der Waals surface area contributed by atoms with Crippen molar-refractivity contribution in [2.75, 3.05) is 11.9 Å². The molecule has 0 spiro atoms. The molecule has 0 fully saturated rings. The Balaban J connectivity index is 2.03. The van der Waals surface area contributed by atoms with Crippen molar-refractivity contribution in [1.82, 2.24) is 0 Å². The van der Waals surface area contributed by atoms with Crippen molar-refractivity contribution >= 4 is 11.6 Å². The summed E-state index contributed by atoms with van der Waals surface area (Å²) in [5.41, 5.74) is 7.03. The van der Waals surface area contributed by atoms with E-state index in [1.807, 2.05) is 13.8 Å². The summed E-state index contributed by atoms with van der Waals surface area (Å²) in [7, 11) is 0. The van der Waals surface area contributed by atoms with E-state index in [9.17, 15) is 4.79 Å². The summed E-state index contributed by atoms with van der Waals surface area (Å²) < 4.78 is 0.